The third-order valence-electron chi connectivity index (χ3n) is 6.23. The maximum absolute atomic E-state index is 13.9. The SMILES string of the molecule is C[C@H](OCc1ccccc1)[C@H](NC(=O)c1ccc2cc(F)ccc2c1OCc1nc2ccccc2s1)C(=O)O. The van der Waals surface area contributed by atoms with E-state index in [1.54, 1.807) is 13.0 Å². The zero-order valence-corrected chi connectivity index (χ0v) is 21.8. The Hall–Kier alpha value is -4.34. The number of carbonyl (C=O) groups is 2. The molecule has 7 nitrogen and oxygen atoms in total. The second kappa shape index (κ2) is 11.6. The van der Waals surface area contributed by atoms with Gasteiger partial charge in [0.15, 0.2) is 6.04 Å². The highest BCUT2D eigenvalue weighted by atomic mass is 32.1. The number of carboxylic acids is 1. The van der Waals surface area contributed by atoms with Crippen molar-refractivity contribution < 1.29 is 28.6 Å². The molecule has 4 aromatic carbocycles. The van der Waals surface area contributed by atoms with E-state index in [-0.39, 0.29) is 24.5 Å². The Morgan fingerprint density at radius 1 is 1.00 bits per heavy atom. The van der Waals surface area contributed by atoms with Crippen molar-refractivity contribution in [2.45, 2.75) is 32.3 Å². The number of aliphatic carboxylic acids is 1. The number of aromatic nitrogens is 1. The molecule has 1 aromatic heterocycles. The number of hydrogen-bond acceptors (Lipinski definition) is 6. The molecule has 0 unspecified atom stereocenters. The zero-order valence-electron chi connectivity index (χ0n) is 21.0. The predicted octanol–water partition coefficient (Wildman–Crippen LogP) is 5.96. The molecule has 0 aliphatic carbocycles. The predicted molar refractivity (Wildman–Crippen MR) is 147 cm³/mol. The maximum atomic E-state index is 13.9. The summed E-state index contributed by atoms with van der Waals surface area (Å²) < 4.78 is 26.8. The molecule has 0 aliphatic heterocycles. The van der Waals surface area contributed by atoms with E-state index < -0.39 is 29.8 Å². The highest BCUT2D eigenvalue weighted by Gasteiger charge is 2.29. The maximum Gasteiger partial charge on any atom is 0.328 e. The summed E-state index contributed by atoms with van der Waals surface area (Å²) in [5.74, 6) is -2.09. The molecule has 5 rings (SSSR count). The first kappa shape index (κ1) is 26.3. The number of fused-ring (bicyclic) bond motifs is 2. The van der Waals surface area contributed by atoms with Gasteiger partial charge in [0.1, 0.15) is 23.2 Å². The monoisotopic (exact) mass is 544 g/mol. The van der Waals surface area contributed by atoms with Crippen LogP contribution in [0.2, 0.25) is 0 Å². The fraction of sp³-hybridized carbons (Fsp3) is 0.167. The van der Waals surface area contributed by atoms with Crippen LogP contribution >= 0.6 is 11.3 Å². The Bertz CT molecular complexity index is 1610. The van der Waals surface area contributed by atoms with Crippen LogP contribution in [0.1, 0.15) is 27.9 Å². The molecule has 0 bridgehead atoms. The molecular formula is C30H25FN2O5S. The average Bonchev–Trinajstić information content (AvgIpc) is 3.36. The lowest BCUT2D eigenvalue weighted by Gasteiger charge is -2.23. The first-order chi connectivity index (χ1) is 18.9. The Morgan fingerprint density at radius 3 is 2.54 bits per heavy atom. The number of halogens is 1. The van der Waals surface area contributed by atoms with Gasteiger partial charge in [0.2, 0.25) is 0 Å². The van der Waals surface area contributed by atoms with Crippen molar-refractivity contribution in [2.24, 2.45) is 0 Å². The van der Waals surface area contributed by atoms with Gasteiger partial charge in [-0.15, -0.1) is 11.3 Å². The molecule has 9 heteroatoms. The number of amides is 1. The number of carboxylic acid groups (broad SMARTS) is 1. The number of nitrogens with zero attached hydrogens (tertiary/aromatic N) is 1. The minimum absolute atomic E-state index is 0.0784. The van der Waals surface area contributed by atoms with Gasteiger partial charge in [-0.05, 0) is 54.3 Å². The summed E-state index contributed by atoms with van der Waals surface area (Å²) in [5.41, 5.74) is 1.84. The van der Waals surface area contributed by atoms with Crippen LogP contribution in [0.5, 0.6) is 5.75 Å². The molecule has 2 N–H and O–H groups in total. The van der Waals surface area contributed by atoms with Crippen LogP contribution in [0, 0.1) is 5.82 Å². The van der Waals surface area contributed by atoms with Crippen LogP contribution in [0.4, 0.5) is 4.39 Å². The number of benzene rings is 4. The highest BCUT2D eigenvalue weighted by Crippen LogP contribution is 2.32. The Labute approximate surface area is 227 Å². The molecule has 1 heterocycles. The minimum atomic E-state index is -1.32. The standard InChI is InChI=1S/C30H25FN2O5S/c1-18(37-16-19-7-3-2-4-8-19)27(30(35)36)33-29(34)23-13-11-20-15-21(31)12-14-22(20)28(23)38-17-26-32-24-9-5-6-10-25(24)39-26/h2-15,18,27H,16-17H2,1H3,(H,33,34)(H,35,36)/t18-,27-/m0/s1. The van der Waals surface area contributed by atoms with Gasteiger partial charge in [-0.25, -0.2) is 14.2 Å². The van der Waals surface area contributed by atoms with E-state index in [1.165, 1.54) is 35.6 Å². The number of carbonyl (C=O) groups excluding carboxylic acids is 1. The molecule has 2 atom stereocenters. The summed E-state index contributed by atoms with van der Waals surface area (Å²) in [6.45, 7) is 1.87. The Kier molecular flexibility index (Phi) is 7.81. The van der Waals surface area contributed by atoms with Gasteiger partial charge < -0.3 is 19.9 Å². The lowest BCUT2D eigenvalue weighted by Crippen LogP contribution is -2.48. The fourth-order valence-electron chi connectivity index (χ4n) is 4.22. The van der Waals surface area contributed by atoms with Gasteiger partial charge in [0, 0.05) is 5.39 Å². The molecular weight excluding hydrogens is 519 g/mol. The number of para-hydroxylation sites is 1. The van der Waals surface area contributed by atoms with Crippen LogP contribution in [-0.4, -0.2) is 34.1 Å². The summed E-state index contributed by atoms with van der Waals surface area (Å²) in [4.78, 5) is 30.1. The molecule has 0 fully saturated rings. The molecule has 0 spiro atoms. The fourth-order valence-corrected chi connectivity index (χ4v) is 5.10. The molecule has 0 radical (unpaired) electrons. The molecule has 0 saturated carbocycles. The number of rotatable bonds is 10. The van der Waals surface area contributed by atoms with Crippen molar-refractivity contribution in [1.82, 2.24) is 10.3 Å². The second-order valence-electron chi connectivity index (χ2n) is 8.96. The Morgan fingerprint density at radius 2 is 1.77 bits per heavy atom. The largest absolute Gasteiger partial charge is 0.485 e. The first-order valence-electron chi connectivity index (χ1n) is 12.3. The molecule has 198 valence electrons. The molecule has 1 amide bonds. The molecule has 5 aromatic rings. The van der Waals surface area contributed by atoms with E-state index in [4.69, 9.17) is 9.47 Å². The van der Waals surface area contributed by atoms with Gasteiger partial charge in [-0.3, -0.25) is 4.79 Å². The van der Waals surface area contributed by atoms with E-state index in [0.29, 0.717) is 15.8 Å². The van der Waals surface area contributed by atoms with Crippen molar-refractivity contribution >= 4 is 44.2 Å². The number of ether oxygens (including phenoxy) is 2. The van der Waals surface area contributed by atoms with Crippen molar-refractivity contribution in [3.8, 4) is 5.75 Å². The Balaban J connectivity index is 1.40. The number of thiazole rings is 1. The van der Waals surface area contributed by atoms with E-state index in [9.17, 15) is 19.1 Å². The molecule has 39 heavy (non-hydrogen) atoms. The smallest absolute Gasteiger partial charge is 0.328 e. The van der Waals surface area contributed by atoms with E-state index in [0.717, 1.165) is 15.8 Å². The van der Waals surface area contributed by atoms with E-state index in [2.05, 4.69) is 10.3 Å². The van der Waals surface area contributed by atoms with Crippen molar-refractivity contribution in [3.05, 3.63) is 107 Å². The topological polar surface area (TPSA) is 97.8 Å². The third kappa shape index (κ3) is 6.05. The van der Waals surface area contributed by atoms with Crippen molar-refractivity contribution in [2.75, 3.05) is 0 Å². The highest BCUT2D eigenvalue weighted by molar-refractivity contribution is 7.18. The van der Waals surface area contributed by atoms with Crippen LogP contribution < -0.4 is 10.1 Å². The molecule has 0 saturated heterocycles. The quantitative estimate of drug-likeness (QED) is 0.225. The van der Waals surface area contributed by atoms with Gasteiger partial charge in [-0.1, -0.05) is 48.5 Å². The average molecular weight is 545 g/mol. The van der Waals surface area contributed by atoms with Gasteiger partial charge >= 0.3 is 5.97 Å². The van der Waals surface area contributed by atoms with Crippen LogP contribution in [-0.2, 0) is 22.7 Å². The first-order valence-corrected chi connectivity index (χ1v) is 13.1. The van der Waals surface area contributed by atoms with Crippen molar-refractivity contribution in [1.29, 1.82) is 0 Å². The third-order valence-corrected chi connectivity index (χ3v) is 7.24. The number of nitrogens with one attached hydrogen (secondary N) is 1. The minimum Gasteiger partial charge on any atom is -0.485 e. The zero-order chi connectivity index (χ0) is 27.4. The number of hydrogen-bond donors (Lipinski definition) is 2. The van der Waals surface area contributed by atoms with Crippen LogP contribution in [0.3, 0.4) is 0 Å². The van der Waals surface area contributed by atoms with Crippen LogP contribution in [0.15, 0.2) is 84.9 Å². The summed E-state index contributed by atoms with van der Waals surface area (Å²) in [5, 5.41) is 14.2. The summed E-state index contributed by atoms with van der Waals surface area (Å²) in [6.07, 6.45) is -0.826. The van der Waals surface area contributed by atoms with Crippen molar-refractivity contribution in [3.63, 3.8) is 0 Å². The van der Waals surface area contributed by atoms with E-state index >= 15 is 0 Å². The summed E-state index contributed by atoms with van der Waals surface area (Å²) in [6, 6.07) is 23.0. The van der Waals surface area contributed by atoms with Gasteiger partial charge in [0.05, 0.1) is 28.5 Å². The second-order valence-corrected chi connectivity index (χ2v) is 10.1. The normalized spacial score (nSPS) is 12.8. The van der Waals surface area contributed by atoms with Crippen LogP contribution in [0.25, 0.3) is 21.0 Å². The lowest BCUT2D eigenvalue weighted by molar-refractivity contribution is -0.143. The lowest BCUT2D eigenvalue weighted by atomic mass is 10.0. The summed E-state index contributed by atoms with van der Waals surface area (Å²) >= 11 is 1.47. The van der Waals surface area contributed by atoms with Gasteiger partial charge in [0.25, 0.3) is 5.91 Å². The van der Waals surface area contributed by atoms with E-state index in [1.807, 2.05) is 54.6 Å². The summed E-state index contributed by atoms with van der Waals surface area (Å²) in [7, 11) is 0. The molecule has 0 aliphatic rings. The van der Waals surface area contributed by atoms with Gasteiger partial charge in [-0.2, -0.15) is 0 Å².